The number of aliphatic hydroxyl groups is 1. The summed E-state index contributed by atoms with van der Waals surface area (Å²) in [5.74, 6) is -0.653. The minimum absolute atomic E-state index is 0.0116. The van der Waals surface area contributed by atoms with Crippen LogP contribution in [-0.4, -0.2) is 17.7 Å². The standard InChI is InChI=1S/C11H10ClNO3/c1-2-16-11(15)9-7(5-13)3-4-8(6-14)10(9)12/h3-4,14H,2,6H2,1H3. The van der Waals surface area contributed by atoms with Crippen molar-refractivity contribution >= 4 is 17.6 Å². The zero-order valence-electron chi connectivity index (χ0n) is 8.66. The number of carbonyl (C=O) groups is 1. The van der Waals surface area contributed by atoms with Gasteiger partial charge in [-0.15, -0.1) is 0 Å². The molecule has 4 nitrogen and oxygen atoms in total. The number of hydrogen-bond donors (Lipinski definition) is 1. The summed E-state index contributed by atoms with van der Waals surface area (Å²) < 4.78 is 4.79. The molecule has 0 unspecified atom stereocenters. The number of halogens is 1. The van der Waals surface area contributed by atoms with E-state index in [2.05, 4.69) is 0 Å². The van der Waals surface area contributed by atoms with Crippen molar-refractivity contribution in [3.8, 4) is 6.07 Å². The molecule has 0 aliphatic carbocycles. The highest BCUT2D eigenvalue weighted by atomic mass is 35.5. The molecule has 0 bridgehead atoms. The average molecular weight is 240 g/mol. The largest absolute Gasteiger partial charge is 0.462 e. The first-order valence-corrected chi connectivity index (χ1v) is 5.03. The van der Waals surface area contributed by atoms with Crippen LogP contribution in [0.1, 0.15) is 28.4 Å². The highest BCUT2D eigenvalue weighted by Gasteiger charge is 2.19. The molecule has 16 heavy (non-hydrogen) atoms. The summed E-state index contributed by atoms with van der Waals surface area (Å²) in [7, 11) is 0. The zero-order valence-corrected chi connectivity index (χ0v) is 9.41. The second kappa shape index (κ2) is 5.50. The fourth-order valence-electron chi connectivity index (χ4n) is 1.24. The van der Waals surface area contributed by atoms with Crippen molar-refractivity contribution in [2.75, 3.05) is 6.61 Å². The van der Waals surface area contributed by atoms with Gasteiger partial charge in [0, 0.05) is 0 Å². The van der Waals surface area contributed by atoms with E-state index in [-0.39, 0.29) is 29.4 Å². The Labute approximate surface area is 98.0 Å². The Morgan fingerprint density at radius 3 is 2.81 bits per heavy atom. The van der Waals surface area contributed by atoms with Crippen molar-refractivity contribution < 1.29 is 14.6 Å². The van der Waals surface area contributed by atoms with E-state index in [4.69, 9.17) is 26.7 Å². The van der Waals surface area contributed by atoms with E-state index in [1.165, 1.54) is 12.1 Å². The number of carbonyl (C=O) groups excluding carboxylic acids is 1. The number of rotatable bonds is 3. The lowest BCUT2D eigenvalue weighted by Crippen LogP contribution is -2.09. The van der Waals surface area contributed by atoms with Crippen LogP contribution in [0, 0.1) is 11.3 Å². The van der Waals surface area contributed by atoms with Gasteiger partial charge >= 0.3 is 5.97 Å². The van der Waals surface area contributed by atoms with E-state index in [0.717, 1.165) is 0 Å². The van der Waals surface area contributed by atoms with Gasteiger partial charge in [-0.1, -0.05) is 17.7 Å². The van der Waals surface area contributed by atoms with Gasteiger partial charge in [0.1, 0.15) is 6.07 Å². The molecule has 0 fully saturated rings. The minimum Gasteiger partial charge on any atom is -0.462 e. The molecule has 0 saturated carbocycles. The van der Waals surface area contributed by atoms with Crippen LogP contribution < -0.4 is 0 Å². The molecule has 0 radical (unpaired) electrons. The summed E-state index contributed by atoms with van der Waals surface area (Å²) >= 11 is 5.91. The molecule has 1 rings (SSSR count). The number of hydrogen-bond acceptors (Lipinski definition) is 4. The van der Waals surface area contributed by atoms with Crippen LogP contribution in [0.2, 0.25) is 5.02 Å². The Morgan fingerprint density at radius 1 is 1.62 bits per heavy atom. The monoisotopic (exact) mass is 239 g/mol. The van der Waals surface area contributed by atoms with Crippen LogP contribution >= 0.6 is 11.6 Å². The van der Waals surface area contributed by atoms with Gasteiger partial charge in [-0.25, -0.2) is 4.79 Å². The van der Waals surface area contributed by atoms with Crippen molar-refractivity contribution in [1.82, 2.24) is 0 Å². The summed E-state index contributed by atoms with van der Waals surface area (Å²) in [4.78, 5) is 11.6. The molecule has 0 saturated heterocycles. The third-order valence-corrected chi connectivity index (χ3v) is 2.42. The second-order valence-electron chi connectivity index (χ2n) is 2.95. The number of nitriles is 1. The molecule has 0 aromatic heterocycles. The molecule has 84 valence electrons. The predicted molar refractivity (Wildman–Crippen MR) is 58.0 cm³/mol. The number of esters is 1. The van der Waals surface area contributed by atoms with Crippen molar-refractivity contribution in [1.29, 1.82) is 5.26 Å². The van der Waals surface area contributed by atoms with Gasteiger partial charge in [0.2, 0.25) is 0 Å². The quantitative estimate of drug-likeness (QED) is 0.818. The van der Waals surface area contributed by atoms with Crippen molar-refractivity contribution in [2.24, 2.45) is 0 Å². The lowest BCUT2D eigenvalue weighted by molar-refractivity contribution is 0.0526. The Morgan fingerprint density at radius 2 is 2.31 bits per heavy atom. The van der Waals surface area contributed by atoms with Gasteiger partial charge in [0.05, 0.1) is 29.4 Å². The summed E-state index contributed by atoms with van der Waals surface area (Å²) in [6.07, 6.45) is 0. The summed E-state index contributed by atoms with van der Waals surface area (Å²) in [5, 5.41) is 17.9. The van der Waals surface area contributed by atoms with Gasteiger partial charge in [0.25, 0.3) is 0 Å². The third kappa shape index (κ3) is 2.32. The van der Waals surface area contributed by atoms with E-state index in [1.54, 1.807) is 6.92 Å². The SMILES string of the molecule is CCOC(=O)c1c(C#N)ccc(CO)c1Cl. The Bertz CT molecular complexity index is 451. The first kappa shape index (κ1) is 12.5. The van der Waals surface area contributed by atoms with Crippen LogP contribution in [0.15, 0.2) is 12.1 Å². The lowest BCUT2D eigenvalue weighted by Gasteiger charge is -2.08. The van der Waals surface area contributed by atoms with Gasteiger partial charge in [-0.05, 0) is 18.6 Å². The predicted octanol–water partition coefficient (Wildman–Crippen LogP) is 1.88. The van der Waals surface area contributed by atoms with E-state index in [0.29, 0.717) is 5.56 Å². The fraction of sp³-hybridized carbons (Fsp3) is 0.273. The van der Waals surface area contributed by atoms with Gasteiger partial charge < -0.3 is 9.84 Å². The molecule has 1 aromatic carbocycles. The molecule has 1 aromatic rings. The maximum atomic E-state index is 11.6. The molecule has 1 N–H and O–H groups in total. The van der Waals surface area contributed by atoms with E-state index in [9.17, 15) is 4.79 Å². The zero-order chi connectivity index (χ0) is 12.1. The summed E-state index contributed by atoms with van der Waals surface area (Å²) in [6.45, 7) is 1.56. The molecular formula is C11H10ClNO3. The molecule has 0 atom stereocenters. The van der Waals surface area contributed by atoms with Crippen LogP contribution in [0.25, 0.3) is 0 Å². The summed E-state index contributed by atoms with van der Waals surface area (Å²) in [5.41, 5.74) is 0.543. The third-order valence-electron chi connectivity index (χ3n) is 1.99. The first-order valence-electron chi connectivity index (χ1n) is 4.65. The highest BCUT2D eigenvalue weighted by molar-refractivity contribution is 6.34. The molecule has 0 heterocycles. The fourth-order valence-corrected chi connectivity index (χ4v) is 1.54. The van der Waals surface area contributed by atoms with Gasteiger partial charge in [0.15, 0.2) is 0 Å². The van der Waals surface area contributed by atoms with Crippen LogP contribution in [0.3, 0.4) is 0 Å². The summed E-state index contributed by atoms with van der Waals surface area (Å²) in [6, 6.07) is 4.80. The number of nitrogens with zero attached hydrogens (tertiary/aromatic N) is 1. The first-order chi connectivity index (χ1) is 7.65. The molecule has 5 heteroatoms. The molecule has 0 aliphatic rings. The van der Waals surface area contributed by atoms with Crippen LogP contribution in [0.5, 0.6) is 0 Å². The smallest absolute Gasteiger partial charge is 0.341 e. The van der Waals surface area contributed by atoms with E-state index < -0.39 is 5.97 Å². The molecule has 0 amide bonds. The van der Waals surface area contributed by atoms with Crippen LogP contribution in [0.4, 0.5) is 0 Å². The van der Waals surface area contributed by atoms with Crippen molar-refractivity contribution in [3.63, 3.8) is 0 Å². The average Bonchev–Trinajstić information content (AvgIpc) is 2.28. The Balaban J connectivity index is 3.33. The molecular weight excluding hydrogens is 230 g/mol. The Kier molecular flexibility index (Phi) is 4.29. The number of aliphatic hydroxyl groups excluding tert-OH is 1. The van der Waals surface area contributed by atoms with Gasteiger partial charge in [-0.3, -0.25) is 0 Å². The van der Waals surface area contributed by atoms with Gasteiger partial charge in [-0.2, -0.15) is 5.26 Å². The van der Waals surface area contributed by atoms with E-state index in [1.807, 2.05) is 6.07 Å². The maximum absolute atomic E-state index is 11.6. The topological polar surface area (TPSA) is 70.3 Å². The van der Waals surface area contributed by atoms with E-state index >= 15 is 0 Å². The lowest BCUT2D eigenvalue weighted by atomic mass is 10.0. The van der Waals surface area contributed by atoms with Crippen molar-refractivity contribution in [2.45, 2.75) is 13.5 Å². The van der Waals surface area contributed by atoms with Crippen molar-refractivity contribution in [3.05, 3.63) is 33.8 Å². The normalized spacial score (nSPS) is 9.62. The second-order valence-corrected chi connectivity index (χ2v) is 3.33. The maximum Gasteiger partial charge on any atom is 0.341 e. The Hall–Kier alpha value is -1.57. The number of ether oxygens (including phenoxy) is 1. The highest BCUT2D eigenvalue weighted by Crippen LogP contribution is 2.25. The number of benzene rings is 1. The molecule has 0 spiro atoms. The molecule has 0 aliphatic heterocycles. The minimum atomic E-state index is -0.653. The van der Waals surface area contributed by atoms with Crippen LogP contribution in [-0.2, 0) is 11.3 Å².